The lowest BCUT2D eigenvalue weighted by Gasteiger charge is -2.35. The van der Waals surface area contributed by atoms with E-state index in [1.807, 2.05) is 0 Å². The molecule has 2 unspecified atom stereocenters. The van der Waals surface area contributed by atoms with Gasteiger partial charge in [-0.25, -0.2) is 27.3 Å². The minimum Gasteiger partial charge on any atom is -0.393 e. The second kappa shape index (κ2) is 11.5. The first kappa shape index (κ1) is 29.9. The van der Waals surface area contributed by atoms with E-state index in [0.717, 1.165) is 12.3 Å². The average molecular weight is 549 g/mol. The second-order valence-electron chi connectivity index (χ2n) is 6.11. The van der Waals surface area contributed by atoms with Crippen LogP contribution in [0.1, 0.15) is 6.23 Å². The Bertz CT molecular complexity index is 1000. The summed E-state index contributed by atoms with van der Waals surface area (Å²) in [6.07, 6.45) is -3.39. The highest BCUT2D eigenvalue weighted by atomic mass is 31.3. The maximum Gasteiger partial charge on any atom is 0.490 e. The van der Waals surface area contributed by atoms with E-state index >= 15 is 0 Å². The Labute approximate surface area is 182 Å². The molecule has 17 nitrogen and oxygen atoms in total. The number of aliphatic hydroxyl groups excluding tert-OH is 2. The molecule has 0 aliphatic carbocycles. The SMILES string of the molecule is Nc1ccn([C@H](O[C@](CO)(CF)COP(=O)(O)OP(=O)(O)OP(=O)(O)O)[C@@H](O)CF)c(=O)n1. The van der Waals surface area contributed by atoms with Crippen molar-refractivity contribution in [3.63, 3.8) is 0 Å². The van der Waals surface area contributed by atoms with Crippen LogP contribution in [0.2, 0.25) is 0 Å². The average Bonchev–Trinajstić information content (AvgIpc) is 2.66. The Hall–Kier alpha value is -1.17. The molecule has 0 saturated heterocycles. The molecule has 0 saturated carbocycles. The maximum absolute atomic E-state index is 13.7. The molecule has 1 heterocycles. The molecule has 0 amide bonds. The molecule has 22 heteroatoms. The summed E-state index contributed by atoms with van der Waals surface area (Å²) in [5.41, 5.74) is 1.39. The summed E-state index contributed by atoms with van der Waals surface area (Å²) in [5.74, 6) is -0.281. The summed E-state index contributed by atoms with van der Waals surface area (Å²) in [6.45, 7) is -6.24. The van der Waals surface area contributed by atoms with Crippen molar-refractivity contribution in [3.8, 4) is 0 Å². The largest absolute Gasteiger partial charge is 0.490 e. The number of aliphatic hydroxyl groups is 2. The van der Waals surface area contributed by atoms with Crippen LogP contribution in [0, 0.1) is 0 Å². The molecule has 33 heavy (non-hydrogen) atoms. The molecule has 1 rings (SSSR count). The molecule has 8 N–H and O–H groups in total. The number of anilines is 1. The monoisotopic (exact) mass is 549 g/mol. The Kier molecular flexibility index (Phi) is 10.4. The topological polar surface area (TPSA) is 270 Å². The van der Waals surface area contributed by atoms with Crippen molar-refractivity contribution >= 4 is 29.3 Å². The van der Waals surface area contributed by atoms with Crippen molar-refractivity contribution in [2.45, 2.75) is 17.9 Å². The van der Waals surface area contributed by atoms with Crippen LogP contribution in [0.5, 0.6) is 0 Å². The van der Waals surface area contributed by atoms with Gasteiger partial charge in [0.1, 0.15) is 30.9 Å². The summed E-state index contributed by atoms with van der Waals surface area (Å²) < 4.78 is 77.3. The van der Waals surface area contributed by atoms with E-state index < -0.39 is 73.7 Å². The van der Waals surface area contributed by atoms with E-state index in [0.29, 0.717) is 4.57 Å². The second-order valence-corrected chi connectivity index (χ2v) is 10.5. The molecular weight excluding hydrogens is 529 g/mol. The van der Waals surface area contributed by atoms with Crippen molar-refractivity contribution in [3.05, 3.63) is 22.7 Å². The highest BCUT2D eigenvalue weighted by Gasteiger charge is 2.44. The van der Waals surface area contributed by atoms with Crippen molar-refractivity contribution in [1.82, 2.24) is 9.55 Å². The standard InChI is InChI=1S/C11H20F2N3O14P3/c12-3-7(18)9(16-2-1-8(14)15-10(16)19)28-11(4-13,5-17)6-27-32(23,24)30-33(25,26)29-31(20,21)22/h1-2,7,9,17-18H,3-6H2,(H,23,24)(H,25,26)(H2,14,15,19)(H2,20,21,22)/t7-,9+,11-/m0/s1. The normalized spacial score (nSPS) is 19.8. The van der Waals surface area contributed by atoms with Crippen LogP contribution in [-0.4, -0.2) is 77.6 Å². The maximum atomic E-state index is 13.7. The number of hydrogen-bond donors (Lipinski definition) is 7. The molecule has 0 aliphatic rings. The Balaban J connectivity index is 3.15. The third-order valence-corrected chi connectivity index (χ3v) is 7.20. The van der Waals surface area contributed by atoms with E-state index in [-0.39, 0.29) is 5.82 Å². The third kappa shape index (κ3) is 9.54. The smallest absolute Gasteiger partial charge is 0.393 e. The molecule has 1 aromatic heterocycles. The molecule has 0 aliphatic heterocycles. The number of ether oxygens (including phenoxy) is 1. The van der Waals surface area contributed by atoms with Gasteiger partial charge in [0.2, 0.25) is 0 Å². The van der Waals surface area contributed by atoms with E-state index in [4.69, 9.17) is 25.2 Å². The molecular formula is C11H20F2N3O14P3. The van der Waals surface area contributed by atoms with Crippen LogP contribution in [0.25, 0.3) is 0 Å². The number of aromatic nitrogens is 2. The molecule has 192 valence electrons. The lowest BCUT2D eigenvalue weighted by Crippen LogP contribution is -2.49. The number of phosphoric ester groups is 1. The van der Waals surface area contributed by atoms with Gasteiger partial charge < -0.3 is 40.3 Å². The van der Waals surface area contributed by atoms with E-state index in [1.165, 1.54) is 0 Å². The van der Waals surface area contributed by atoms with Crippen LogP contribution < -0.4 is 11.4 Å². The lowest BCUT2D eigenvalue weighted by molar-refractivity contribution is -0.205. The van der Waals surface area contributed by atoms with Crippen molar-refractivity contribution in [2.75, 3.05) is 32.3 Å². The van der Waals surface area contributed by atoms with Gasteiger partial charge in [-0.1, -0.05) is 0 Å². The Morgan fingerprint density at radius 2 is 1.76 bits per heavy atom. The predicted octanol–water partition coefficient (Wildman–Crippen LogP) is -1.29. The molecule has 0 fully saturated rings. The van der Waals surface area contributed by atoms with Gasteiger partial charge >= 0.3 is 29.2 Å². The summed E-state index contributed by atoms with van der Waals surface area (Å²) in [4.78, 5) is 50.8. The summed E-state index contributed by atoms with van der Waals surface area (Å²) in [7, 11) is -17.3. The van der Waals surface area contributed by atoms with Crippen molar-refractivity contribution in [1.29, 1.82) is 0 Å². The Morgan fingerprint density at radius 3 is 2.21 bits per heavy atom. The number of phosphoric acid groups is 3. The zero-order valence-corrected chi connectivity index (χ0v) is 18.8. The fourth-order valence-corrected chi connectivity index (χ4v) is 5.10. The highest BCUT2D eigenvalue weighted by Crippen LogP contribution is 2.66. The first-order valence-corrected chi connectivity index (χ1v) is 12.7. The number of hydrogen-bond acceptors (Lipinski definition) is 12. The molecule has 0 bridgehead atoms. The number of nitrogens with two attached hydrogens (primary N) is 1. The molecule has 0 aromatic carbocycles. The first-order valence-electron chi connectivity index (χ1n) is 8.20. The summed E-state index contributed by atoms with van der Waals surface area (Å²) in [5, 5.41) is 19.4. The molecule has 0 radical (unpaired) electrons. The number of nitrogen functional groups attached to an aromatic ring is 1. The van der Waals surface area contributed by atoms with Crippen LogP contribution in [0.15, 0.2) is 17.1 Å². The van der Waals surface area contributed by atoms with Gasteiger partial charge in [-0.05, 0) is 6.07 Å². The molecule has 0 spiro atoms. The quantitative estimate of drug-likeness (QED) is 0.133. The minimum atomic E-state index is -5.90. The number of halogens is 2. The van der Waals surface area contributed by atoms with Crippen LogP contribution in [0.4, 0.5) is 14.6 Å². The van der Waals surface area contributed by atoms with Gasteiger partial charge in [-0.2, -0.15) is 13.6 Å². The van der Waals surface area contributed by atoms with Gasteiger partial charge in [0.25, 0.3) is 0 Å². The van der Waals surface area contributed by atoms with Gasteiger partial charge in [-0.15, -0.1) is 0 Å². The zero-order valence-electron chi connectivity index (χ0n) is 16.2. The number of nitrogens with zero attached hydrogens (tertiary/aromatic N) is 2. The van der Waals surface area contributed by atoms with Gasteiger partial charge in [0, 0.05) is 6.20 Å². The third-order valence-electron chi connectivity index (χ3n) is 3.42. The fourth-order valence-electron chi connectivity index (χ4n) is 2.00. The van der Waals surface area contributed by atoms with E-state index in [1.54, 1.807) is 0 Å². The summed E-state index contributed by atoms with van der Waals surface area (Å²) >= 11 is 0. The van der Waals surface area contributed by atoms with E-state index in [9.17, 15) is 42.4 Å². The predicted molar refractivity (Wildman–Crippen MR) is 101 cm³/mol. The van der Waals surface area contributed by atoms with Crippen LogP contribution >= 0.6 is 23.5 Å². The van der Waals surface area contributed by atoms with Crippen LogP contribution in [-0.2, 0) is 31.6 Å². The van der Waals surface area contributed by atoms with Crippen molar-refractivity contribution in [2.24, 2.45) is 0 Å². The molecule has 5 atom stereocenters. The minimum absolute atomic E-state index is 0.281. The molecule has 1 aromatic rings. The first-order chi connectivity index (χ1) is 15.0. The zero-order chi connectivity index (χ0) is 25.7. The Morgan fingerprint density at radius 1 is 1.15 bits per heavy atom. The van der Waals surface area contributed by atoms with Gasteiger partial charge in [-0.3, -0.25) is 9.09 Å². The summed E-state index contributed by atoms with van der Waals surface area (Å²) in [6, 6.07) is 1.02. The van der Waals surface area contributed by atoms with E-state index in [2.05, 4.69) is 18.1 Å². The van der Waals surface area contributed by atoms with Crippen LogP contribution in [0.3, 0.4) is 0 Å². The lowest BCUT2D eigenvalue weighted by atomic mass is 10.1. The number of alkyl halides is 2. The number of rotatable bonds is 14. The van der Waals surface area contributed by atoms with Gasteiger partial charge in [0.15, 0.2) is 6.23 Å². The van der Waals surface area contributed by atoms with Crippen molar-refractivity contribution < 1.29 is 70.1 Å². The van der Waals surface area contributed by atoms with Gasteiger partial charge in [0.05, 0.1) is 13.2 Å². The highest BCUT2D eigenvalue weighted by molar-refractivity contribution is 7.66. The fraction of sp³-hybridized carbons (Fsp3) is 0.636.